The molecule has 1 aliphatic rings. The highest BCUT2D eigenvalue weighted by Gasteiger charge is 2.45. The van der Waals surface area contributed by atoms with Crippen LogP contribution in [0, 0.1) is 5.82 Å². The summed E-state index contributed by atoms with van der Waals surface area (Å²) >= 11 is 0. The van der Waals surface area contributed by atoms with E-state index in [4.69, 9.17) is 4.74 Å². The van der Waals surface area contributed by atoms with E-state index in [0.29, 0.717) is 12.3 Å². The second-order valence-corrected chi connectivity index (χ2v) is 6.60. The highest BCUT2D eigenvalue weighted by molar-refractivity contribution is 6.00. The Bertz CT molecular complexity index is 837. The van der Waals surface area contributed by atoms with Gasteiger partial charge in [-0.2, -0.15) is 0 Å². The molecule has 2 aromatic rings. The molecule has 140 valence electrons. The molecule has 3 rings (SSSR count). The number of amides is 1. The molecule has 0 aromatic heterocycles. The fraction of sp³-hybridized carbons (Fsp3) is 0.273. The minimum Gasteiger partial charge on any atom is -0.463 e. The standard InChI is InChI=1S/C22H22FNO3/c1-2-27-20(25)13-6-16-4-11-19(12-5-16)24-21(26)22(14-3-15-22)17-7-9-18(23)10-8-17/h4-13H,2-3,14-15H2,1H3,(H,24,26)/b13-6+. The Morgan fingerprint density at radius 2 is 1.78 bits per heavy atom. The predicted octanol–water partition coefficient (Wildman–Crippen LogP) is 4.46. The van der Waals surface area contributed by atoms with Crippen molar-refractivity contribution in [3.63, 3.8) is 0 Å². The van der Waals surface area contributed by atoms with Gasteiger partial charge in [-0.3, -0.25) is 4.79 Å². The zero-order chi connectivity index (χ0) is 19.3. The van der Waals surface area contributed by atoms with Gasteiger partial charge in [0, 0.05) is 11.8 Å². The molecule has 5 heteroatoms. The topological polar surface area (TPSA) is 55.4 Å². The molecule has 0 atom stereocenters. The van der Waals surface area contributed by atoms with E-state index in [9.17, 15) is 14.0 Å². The molecule has 1 saturated carbocycles. The molecule has 0 spiro atoms. The third-order valence-electron chi connectivity index (χ3n) is 4.91. The van der Waals surface area contributed by atoms with Gasteiger partial charge < -0.3 is 10.1 Å². The van der Waals surface area contributed by atoms with E-state index in [-0.39, 0.29) is 17.7 Å². The van der Waals surface area contributed by atoms with Crippen molar-refractivity contribution in [2.45, 2.75) is 31.6 Å². The molecule has 0 unspecified atom stereocenters. The molecular weight excluding hydrogens is 345 g/mol. The number of benzene rings is 2. The third-order valence-corrected chi connectivity index (χ3v) is 4.91. The Hall–Kier alpha value is -2.95. The lowest BCUT2D eigenvalue weighted by molar-refractivity contribution is -0.137. The lowest BCUT2D eigenvalue weighted by atomic mass is 9.64. The molecule has 27 heavy (non-hydrogen) atoms. The van der Waals surface area contributed by atoms with Gasteiger partial charge in [0.15, 0.2) is 0 Å². The summed E-state index contributed by atoms with van der Waals surface area (Å²) in [6.07, 6.45) is 5.52. The van der Waals surface area contributed by atoms with Crippen molar-refractivity contribution < 1.29 is 18.7 Å². The highest BCUT2D eigenvalue weighted by Crippen LogP contribution is 2.44. The van der Waals surface area contributed by atoms with Crippen LogP contribution in [0.2, 0.25) is 0 Å². The molecule has 2 aromatic carbocycles. The summed E-state index contributed by atoms with van der Waals surface area (Å²) in [7, 11) is 0. The van der Waals surface area contributed by atoms with Crippen LogP contribution in [-0.2, 0) is 19.7 Å². The van der Waals surface area contributed by atoms with Crippen LogP contribution in [0.15, 0.2) is 54.6 Å². The molecule has 4 nitrogen and oxygen atoms in total. The Morgan fingerprint density at radius 3 is 2.33 bits per heavy atom. The van der Waals surface area contributed by atoms with Crippen LogP contribution in [0.4, 0.5) is 10.1 Å². The summed E-state index contributed by atoms with van der Waals surface area (Å²) < 4.78 is 18.0. The number of ether oxygens (including phenoxy) is 1. The second-order valence-electron chi connectivity index (χ2n) is 6.60. The van der Waals surface area contributed by atoms with E-state index < -0.39 is 5.41 Å². The smallest absolute Gasteiger partial charge is 0.330 e. The van der Waals surface area contributed by atoms with Crippen LogP contribution in [0.25, 0.3) is 6.08 Å². The molecule has 1 amide bonds. The maximum atomic E-state index is 13.2. The number of carbonyl (C=O) groups is 2. The maximum absolute atomic E-state index is 13.2. The molecule has 0 heterocycles. The van der Waals surface area contributed by atoms with Gasteiger partial charge in [0.2, 0.25) is 5.91 Å². The van der Waals surface area contributed by atoms with Crippen molar-refractivity contribution >= 4 is 23.6 Å². The van der Waals surface area contributed by atoms with E-state index in [1.807, 2.05) is 12.1 Å². The molecule has 0 radical (unpaired) electrons. The van der Waals surface area contributed by atoms with Crippen LogP contribution in [0.1, 0.15) is 37.3 Å². The van der Waals surface area contributed by atoms with Gasteiger partial charge in [-0.25, -0.2) is 9.18 Å². The van der Waals surface area contributed by atoms with Crippen LogP contribution < -0.4 is 5.32 Å². The molecule has 1 aliphatic carbocycles. The Morgan fingerprint density at radius 1 is 1.11 bits per heavy atom. The first kappa shape index (κ1) is 18.8. The number of hydrogen-bond acceptors (Lipinski definition) is 3. The lowest BCUT2D eigenvalue weighted by Crippen LogP contribution is -2.46. The molecular formula is C22H22FNO3. The van der Waals surface area contributed by atoms with Crippen molar-refractivity contribution in [2.24, 2.45) is 0 Å². The van der Waals surface area contributed by atoms with Crippen molar-refractivity contribution in [2.75, 3.05) is 11.9 Å². The molecule has 0 bridgehead atoms. The van der Waals surface area contributed by atoms with Gasteiger partial charge in [0.25, 0.3) is 0 Å². The summed E-state index contributed by atoms with van der Waals surface area (Å²) in [5, 5.41) is 2.96. The normalized spacial score (nSPS) is 15.2. The fourth-order valence-electron chi connectivity index (χ4n) is 3.23. The summed E-state index contributed by atoms with van der Waals surface area (Å²) in [4.78, 5) is 24.2. The first-order valence-corrected chi connectivity index (χ1v) is 9.06. The highest BCUT2D eigenvalue weighted by atomic mass is 19.1. The van der Waals surface area contributed by atoms with Gasteiger partial charge >= 0.3 is 5.97 Å². The van der Waals surface area contributed by atoms with Gasteiger partial charge in [-0.05, 0) is 61.2 Å². The van der Waals surface area contributed by atoms with Gasteiger partial charge in [0.1, 0.15) is 5.82 Å². The van der Waals surface area contributed by atoms with E-state index in [0.717, 1.165) is 30.4 Å². The summed E-state index contributed by atoms with van der Waals surface area (Å²) in [5.74, 6) is -0.767. The van der Waals surface area contributed by atoms with Crippen molar-refractivity contribution in [1.82, 2.24) is 0 Å². The SMILES string of the molecule is CCOC(=O)/C=C/c1ccc(NC(=O)C2(c3ccc(F)cc3)CCC2)cc1. The van der Waals surface area contributed by atoms with Gasteiger partial charge in [0.05, 0.1) is 12.0 Å². The Kier molecular flexibility index (Phi) is 5.69. The summed E-state index contributed by atoms with van der Waals surface area (Å²) in [6, 6.07) is 13.4. The number of esters is 1. The van der Waals surface area contributed by atoms with Crippen LogP contribution >= 0.6 is 0 Å². The van der Waals surface area contributed by atoms with E-state index in [1.165, 1.54) is 18.2 Å². The molecule has 0 aliphatic heterocycles. The van der Waals surface area contributed by atoms with Crippen LogP contribution in [0.5, 0.6) is 0 Å². The first-order valence-electron chi connectivity index (χ1n) is 9.06. The number of halogens is 1. The van der Waals surface area contributed by atoms with Gasteiger partial charge in [-0.1, -0.05) is 30.7 Å². The summed E-state index contributed by atoms with van der Waals surface area (Å²) in [5.41, 5.74) is 1.78. The fourth-order valence-corrected chi connectivity index (χ4v) is 3.23. The number of nitrogens with one attached hydrogen (secondary N) is 1. The monoisotopic (exact) mass is 367 g/mol. The molecule has 1 N–H and O–H groups in total. The number of anilines is 1. The maximum Gasteiger partial charge on any atom is 0.330 e. The minimum absolute atomic E-state index is 0.0739. The molecule has 1 fully saturated rings. The Labute approximate surface area is 158 Å². The zero-order valence-electron chi connectivity index (χ0n) is 15.2. The third kappa shape index (κ3) is 4.25. The number of rotatable bonds is 6. The van der Waals surface area contributed by atoms with Crippen molar-refractivity contribution in [1.29, 1.82) is 0 Å². The molecule has 0 saturated heterocycles. The van der Waals surface area contributed by atoms with Gasteiger partial charge in [-0.15, -0.1) is 0 Å². The van der Waals surface area contributed by atoms with E-state index in [2.05, 4.69) is 5.32 Å². The van der Waals surface area contributed by atoms with Crippen LogP contribution in [-0.4, -0.2) is 18.5 Å². The number of hydrogen-bond donors (Lipinski definition) is 1. The second kappa shape index (κ2) is 8.16. The quantitative estimate of drug-likeness (QED) is 0.606. The average molecular weight is 367 g/mol. The predicted molar refractivity (Wildman–Crippen MR) is 103 cm³/mol. The Balaban J connectivity index is 1.68. The number of carbonyl (C=O) groups excluding carboxylic acids is 2. The van der Waals surface area contributed by atoms with Crippen molar-refractivity contribution in [3.8, 4) is 0 Å². The lowest BCUT2D eigenvalue weighted by Gasteiger charge is -2.40. The average Bonchev–Trinajstić information content (AvgIpc) is 2.62. The van der Waals surface area contributed by atoms with Crippen molar-refractivity contribution in [3.05, 3.63) is 71.6 Å². The summed E-state index contributed by atoms with van der Waals surface area (Å²) in [6.45, 7) is 2.09. The largest absolute Gasteiger partial charge is 0.463 e. The van der Waals surface area contributed by atoms with Crippen LogP contribution in [0.3, 0.4) is 0 Å². The first-order chi connectivity index (χ1) is 13.0. The minimum atomic E-state index is -0.587. The zero-order valence-corrected chi connectivity index (χ0v) is 15.2. The van der Waals surface area contributed by atoms with E-state index in [1.54, 1.807) is 37.3 Å². The van der Waals surface area contributed by atoms with E-state index >= 15 is 0 Å².